The van der Waals surface area contributed by atoms with E-state index in [1.165, 1.54) is 4.68 Å². The third-order valence-corrected chi connectivity index (χ3v) is 5.39. The summed E-state index contributed by atoms with van der Waals surface area (Å²) in [5.74, 6) is -0.336. The van der Waals surface area contributed by atoms with Gasteiger partial charge in [-0.3, -0.25) is 9.59 Å². The Bertz CT molecular complexity index is 1470. The zero-order valence-electron chi connectivity index (χ0n) is 17.8. The molecule has 7 heteroatoms. The number of nitrogens with one attached hydrogen (secondary N) is 1. The van der Waals surface area contributed by atoms with Crippen molar-refractivity contribution in [1.29, 1.82) is 0 Å². The number of carbonyl (C=O) groups excluding carboxylic acids is 1. The Morgan fingerprint density at radius 2 is 1.61 bits per heavy atom. The van der Waals surface area contributed by atoms with Gasteiger partial charge in [-0.25, -0.2) is 9.36 Å². The van der Waals surface area contributed by atoms with Crippen molar-refractivity contribution in [2.75, 3.05) is 0 Å². The second-order valence-corrected chi connectivity index (χ2v) is 7.65. The minimum absolute atomic E-state index is 0.224. The molecule has 0 spiro atoms. The van der Waals surface area contributed by atoms with Crippen LogP contribution < -0.4 is 10.9 Å². The van der Waals surface area contributed by atoms with Crippen molar-refractivity contribution in [3.8, 4) is 5.69 Å². The van der Waals surface area contributed by atoms with Gasteiger partial charge in [0.2, 0.25) is 0 Å². The van der Waals surface area contributed by atoms with Crippen LogP contribution in [-0.2, 0) is 13.1 Å². The van der Waals surface area contributed by atoms with Gasteiger partial charge in [-0.05, 0) is 35.4 Å². The van der Waals surface area contributed by atoms with Gasteiger partial charge in [0.25, 0.3) is 11.5 Å². The number of rotatable bonds is 6. The quantitative estimate of drug-likeness (QED) is 0.442. The second-order valence-electron chi connectivity index (χ2n) is 7.65. The molecule has 2 heterocycles. The lowest BCUT2D eigenvalue weighted by Gasteiger charge is -2.12. The molecule has 0 aliphatic rings. The molecule has 0 bridgehead atoms. The van der Waals surface area contributed by atoms with E-state index in [0.29, 0.717) is 17.3 Å². The molecule has 0 radical (unpaired) electrons. The maximum absolute atomic E-state index is 13.2. The zero-order chi connectivity index (χ0) is 22.6. The molecule has 0 atom stereocenters. The van der Waals surface area contributed by atoms with Crippen molar-refractivity contribution in [1.82, 2.24) is 24.9 Å². The summed E-state index contributed by atoms with van der Waals surface area (Å²) in [6.07, 6.45) is 3.58. The number of aromatic nitrogens is 4. The van der Waals surface area contributed by atoms with E-state index in [-0.39, 0.29) is 23.7 Å². The first kappa shape index (κ1) is 20.4. The molecule has 33 heavy (non-hydrogen) atoms. The van der Waals surface area contributed by atoms with E-state index >= 15 is 0 Å². The first-order chi connectivity index (χ1) is 16.2. The van der Waals surface area contributed by atoms with Crippen molar-refractivity contribution in [2.24, 2.45) is 0 Å². The van der Waals surface area contributed by atoms with E-state index in [0.717, 1.165) is 16.8 Å². The molecule has 3 aromatic carbocycles. The molecular weight excluding hydrogens is 414 g/mol. The van der Waals surface area contributed by atoms with E-state index in [1.807, 2.05) is 66.9 Å². The van der Waals surface area contributed by atoms with Gasteiger partial charge in [0.15, 0.2) is 5.69 Å². The molecule has 1 N–H and O–H groups in total. The third-order valence-electron chi connectivity index (χ3n) is 5.39. The van der Waals surface area contributed by atoms with E-state index in [2.05, 4.69) is 15.5 Å². The molecular formula is C26H21N5O2. The summed E-state index contributed by atoms with van der Waals surface area (Å²) in [5.41, 5.74) is 2.77. The fourth-order valence-electron chi connectivity index (χ4n) is 3.76. The van der Waals surface area contributed by atoms with Crippen molar-refractivity contribution < 1.29 is 4.79 Å². The Kier molecular flexibility index (Phi) is 5.51. The van der Waals surface area contributed by atoms with Crippen LogP contribution in [0.25, 0.3) is 16.5 Å². The molecule has 0 fully saturated rings. The van der Waals surface area contributed by atoms with Crippen LogP contribution in [0.15, 0.2) is 102 Å². The van der Waals surface area contributed by atoms with Crippen LogP contribution >= 0.6 is 0 Å². The number of benzene rings is 3. The minimum Gasteiger partial charge on any atom is -0.347 e. The van der Waals surface area contributed by atoms with Crippen LogP contribution in [0.1, 0.15) is 21.6 Å². The predicted octanol–water partition coefficient (Wildman–Crippen LogP) is 3.56. The Labute approximate surface area is 189 Å². The first-order valence-electron chi connectivity index (χ1n) is 10.6. The Balaban J connectivity index is 1.44. The average Bonchev–Trinajstić information content (AvgIpc) is 3.40. The highest BCUT2D eigenvalue weighted by molar-refractivity contribution is 6.04. The van der Waals surface area contributed by atoms with Gasteiger partial charge in [0.05, 0.1) is 17.6 Å². The van der Waals surface area contributed by atoms with E-state index in [9.17, 15) is 9.59 Å². The fraction of sp³-hybridized carbons (Fsp3) is 0.0769. The fourth-order valence-corrected chi connectivity index (χ4v) is 3.76. The molecule has 5 rings (SSSR count). The molecule has 1 amide bonds. The highest BCUT2D eigenvalue weighted by atomic mass is 16.2. The number of hydrogen-bond acceptors (Lipinski definition) is 4. The van der Waals surface area contributed by atoms with Gasteiger partial charge in [0.1, 0.15) is 0 Å². The standard InChI is InChI=1S/C26H21N5O2/c32-25(27-17-20-10-6-11-21(16-20)30-15-7-14-28-30)24-22-12-4-5-13-23(22)26(33)31(29-24)18-19-8-2-1-3-9-19/h1-16H,17-18H2,(H,27,32). The van der Waals surface area contributed by atoms with Crippen molar-refractivity contribution >= 4 is 16.7 Å². The third kappa shape index (κ3) is 4.29. The van der Waals surface area contributed by atoms with E-state index < -0.39 is 0 Å². The van der Waals surface area contributed by atoms with Crippen LogP contribution in [0.3, 0.4) is 0 Å². The number of carbonyl (C=O) groups is 1. The summed E-state index contributed by atoms with van der Waals surface area (Å²) in [6, 6.07) is 26.3. The van der Waals surface area contributed by atoms with Crippen LogP contribution in [0.4, 0.5) is 0 Å². The van der Waals surface area contributed by atoms with Gasteiger partial charge >= 0.3 is 0 Å². The van der Waals surface area contributed by atoms with E-state index in [4.69, 9.17) is 0 Å². The number of fused-ring (bicyclic) bond motifs is 1. The zero-order valence-corrected chi connectivity index (χ0v) is 17.8. The van der Waals surface area contributed by atoms with Gasteiger partial charge in [-0.15, -0.1) is 0 Å². The Morgan fingerprint density at radius 3 is 2.39 bits per heavy atom. The van der Waals surface area contributed by atoms with Crippen LogP contribution in [0.2, 0.25) is 0 Å². The molecule has 0 saturated heterocycles. The van der Waals surface area contributed by atoms with Crippen molar-refractivity contribution in [3.05, 3.63) is 124 Å². The number of hydrogen-bond donors (Lipinski definition) is 1. The number of nitrogens with zero attached hydrogens (tertiary/aromatic N) is 4. The summed E-state index contributed by atoms with van der Waals surface area (Å²) in [6.45, 7) is 0.610. The minimum atomic E-state index is -0.336. The van der Waals surface area contributed by atoms with Crippen LogP contribution in [-0.4, -0.2) is 25.5 Å². The summed E-state index contributed by atoms with van der Waals surface area (Å²) in [5, 5.41) is 12.6. The van der Waals surface area contributed by atoms with Crippen LogP contribution in [0, 0.1) is 0 Å². The monoisotopic (exact) mass is 435 g/mol. The molecule has 0 aliphatic carbocycles. The maximum Gasteiger partial charge on any atom is 0.274 e. The summed E-state index contributed by atoms with van der Waals surface area (Å²) < 4.78 is 3.12. The highest BCUT2D eigenvalue weighted by Gasteiger charge is 2.17. The van der Waals surface area contributed by atoms with E-state index in [1.54, 1.807) is 35.1 Å². The molecule has 5 aromatic rings. The van der Waals surface area contributed by atoms with Crippen molar-refractivity contribution in [3.63, 3.8) is 0 Å². The lowest BCUT2D eigenvalue weighted by atomic mass is 10.1. The Morgan fingerprint density at radius 1 is 0.848 bits per heavy atom. The Hall–Kier alpha value is -4.52. The molecule has 7 nitrogen and oxygen atoms in total. The van der Waals surface area contributed by atoms with Gasteiger partial charge in [-0.1, -0.05) is 60.7 Å². The lowest BCUT2D eigenvalue weighted by molar-refractivity contribution is 0.0945. The topological polar surface area (TPSA) is 81.8 Å². The summed E-state index contributed by atoms with van der Waals surface area (Å²) in [4.78, 5) is 26.2. The average molecular weight is 435 g/mol. The second kappa shape index (κ2) is 8.92. The lowest BCUT2D eigenvalue weighted by Crippen LogP contribution is -2.30. The van der Waals surface area contributed by atoms with Crippen molar-refractivity contribution in [2.45, 2.75) is 13.1 Å². The summed E-state index contributed by atoms with van der Waals surface area (Å²) >= 11 is 0. The molecule has 0 saturated carbocycles. The van der Waals surface area contributed by atoms with Gasteiger partial charge in [0, 0.05) is 24.3 Å². The SMILES string of the molecule is O=C(NCc1cccc(-n2cccn2)c1)c1nn(Cc2ccccc2)c(=O)c2ccccc12. The summed E-state index contributed by atoms with van der Waals surface area (Å²) in [7, 11) is 0. The van der Waals surface area contributed by atoms with Crippen LogP contribution in [0.5, 0.6) is 0 Å². The first-order valence-corrected chi connectivity index (χ1v) is 10.6. The highest BCUT2D eigenvalue weighted by Crippen LogP contribution is 2.15. The normalized spacial score (nSPS) is 10.9. The largest absolute Gasteiger partial charge is 0.347 e. The molecule has 162 valence electrons. The smallest absolute Gasteiger partial charge is 0.274 e. The van der Waals surface area contributed by atoms with Gasteiger partial charge in [-0.2, -0.15) is 10.2 Å². The molecule has 2 aromatic heterocycles. The molecule has 0 aliphatic heterocycles. The maximum atomic E-state index is 13.2. The number of amides is 1. The van der Waals surface area contributed by atoms with Gasteiger partial charge < -0.3 is 5.32 Å². The predicted molar refractivity (Wildman–Crippen MR) is 126 cm³/mol. The molecule has 0 unspecified atom stereocenters.